The molecule has 0 amide bonds. The number of ether oxygens (including phenoxy) is 1. The Morgan fingerprint density at radius 3 is 2.67 bits per heavy atom. The maximum absolute atomic E-state index is 11.5. The molecule has 5 rings (SSSR count). The van der Waals surface area contributed by atoms with Crippen molar-refractivity contribution in [3.63, 3.8) is 0 Å². The molecule has 186 valence electrons. The number of H-pyrrole nitrogens is 1. The molecular formula is C25H25ClN6O4. The van der Waals surface area contributed by atoms with Crippen LogP contribution in [0.3, 0.4) is 0 Å². The van der Waals surface area contributed by atoms with Crippen molar-refractivity contribution in [1.29, 1.82) is 0 Å². The summed E-state index contributed by atoms with van der Waals surface area (Å²) in [4.78, 5) is 18.3. The maximum Gasteiger partial charge on any atom is 0.439 e. The number of rotatable bonds is 5. The van der Waals surface area contributed by atoms with E-state index in [4.69, 9.17) is 16.3 Å². The van der Waals surface area contributed by atoms with Gasteiger partial charge in [-0.2, -0.15) is 5.10 Å². The molecule has 0 saturated heterocycles. The molecule has 1 aliphatic heterocycles. The van der Waals surface area contributed by atoms with E-state index in [9.17, 15) is 9.90 Å². The predicted octanol–water partition coefficient (Wildman–Crippen LogP) is 4.46. The fraction of sp³-hybridized carbons (Fsp3) is 0.280. The van der Waals surface area contributed by atoms with Crippen molar-refractivity contribution in [3.05, 3.63) is 79.7 Å². The molecule has 4 heterocycles. The first kappa shape index (κ1) is 23.8. The van der Waals surface area contributed by atoms with Crippen molar-refractivity contribution in [3.8, 4) is 17.3 Å². The van der Waals surface area contributed by atoms with Gasteiger partial charge in [-0.25, -0.2) is 9.78 Å². The second kappa shape index (κ2) is 8.96. The molecule has 1 aromatic carbocycles. The normalized spacial score (nSPS) is 16.0. The van der Waals surface area contributed by atoms with Gasteiger partial charge in [-0.3, -0.25) is 14.2 Å². The molecule has 3 N–H and O–H groups in total. The molecule has 2 atom stereocenters. The number of aryl methyl sites for hydroxylation is 3. The first-order valence-electron chi connectivity index (χ1n) is 11.3. The number of aliphatic hydroxyl groups excluding tert-OH is 1. The highest BCUT2D eigenvalue weighted by molar-refractivity contribution is 6.29. The van der Waals surface area contributed by atoms with E-state index in [1.54, 1.807) is 16.8 Å². The first-order valence-corrected chi connectivity index (χ1v) is 11.7. The third kappa shape index (κ3) is 4.18. The summed E-state index contributed by atoms with van der Waals surface area (Å²) in [6, 6.07) is 8.96. The van der Waals surface area contributed by atoms with Crippen LogP contribution < -0.4 is 15.8 Å². The Morgan fingerprint density at radius 1 is 1.22 bits per heavy atom. The molecular weight excluding hydrogens is 484 g/mol. The van der Waals surface area contributed by atoms with Gasteiger partial charge >= 0.3 is 5.76 Å². The van der Waals surface area contributed by atoms with E-state index in [0.717, 1.165) is 22.5 Å². The van der Waals surface area contributed by atoms with E-state index >= 15 is 0 Å². The number of aromatic nitrogens is 5. The van der Waals surface area contributed by atoms with E-state index in [2.05, 4.69) is 30.1 Å². The topological polar surface area (TPSA) is 131 Å². The van der Waals surface area contributed by atoms with Gasteiger partial charge in [-0.05, 0) is 52.0 Å². The highest BCUT2D eigenvalue weighted by atomic mass is 35.5. The minimum atomic E-state index is -0.835. The van der Waals surface area contributed by atoms with Gasteiger partial charge < -0.3 is 15.2 Å². The Hall–Kier alpha value is -3.89. The Morgan fingerprint density at radius 2 is 2.00 bits per heavy atom. The summed E-state index contributed by atoms with van der Waals surface area (Å²) in [7, 11) is 1.84. The van der Waals surface area contributed by atoms with Crippen LogP contribution in [0.25, 0.3) is 17.3 Å². The zero-order valence-electron chi connectivity index (χ0n) is 20.4. The highest BCUT2D eigenvalue weighted by Crippen LogP contribution is 2.45. The molecule has 11 heteroatoms. The fourth-order valence-electron chi connectivity index (χ4n) is 4.47. The zero-order chi connectivity index (χ0) is 25.7. The van der Waals surface area contributed by atoms with Crippen LogP contribution in [-0.2, 0) is 7.05 Å². The summed E-state index contributed by atoms with van der Waals surface area (Å²) in [5, 5.41) is 23.1. The van der Waals surface area contributed by atoms with Crippen molar-refractivity contribution in [2.75, 3.05) is 5.32 Å². The molecule has 3 aromatic heterocycles. The number of pyridine rings is 1. The van der Waals surface area contributed by atoms with Gasteiger partial charge in [-0.15, -0.1) is 0 Å². The molecule has 1 aliphatic rings. The molecule has 0 aliphatic carbocycles. The molecule has 4 aromatic rings. The maximum atomic E-state index is 11.5. The number of nitrogens with one attached hydrogen (secondary N) is 2. The summed E-state index contributed by atoms with van der Waals surface area (Å²) < 4.78 is 12.9. The third-order valence-electron chi connectivity index (χ3n) is 6.16. The third-order valence-corrected chi connectivity index (χ3v) is 6.37. The van der Waals surface area contributed by atoms with Crippen molar-refractivity contribution in [2.45, 2.75) is 39.8 Å². The zero-order valence-corrected chi connectivity index (χ0v) is 21.1. The molecule has 0 spiro atoms. The number of hydrogen-bond donors (Lipinski definition) is 3. The quantitative estimate of drug-likeness (QED) is 0.337. The van der Waals surface area contributed by atoms with Crippen molar-refractivity contribution in [2.24, 2.45) is 7.05 Å². The molecule has 10 nitrogen and oxygen atoms in total. The number of hydrogen-bond acceptors (Lipinski definition) is 8. The summed E-state index contributed by atoms with van der Waals surface area (Å²) in [6.45, 7) is 7.71. The Balaban J connectivity index is 1.56. The number of halogens is 1. The smallest absolute Gasteiger partial charge is 0.439 e. The van der Waals surface area contributed by atoms with Crippen molar-refractivity contribution < 1.29 is 14.4 Å². The lowest BCUT2D eigenvalue weighted by atomic mass is 9.91. The van der Waals surface area contributed by atoms with Crippen LogP contribution in [0.4, 0.5) is 5.69 Å². The average molecular weight is 509 g/mol. The number of anilines is 1. The molecule has 0 bridgehead atoms. The fourth-order valence-corrected chi connectivity index (χ4v) is 4.61. The van der Waals surface area contributed by atoms with Crippen LogP contribution in [0.2, 0.25) is 5.15 Å². The van der Waals surface area contributed by atoms with Gasteiger partial charge in [0.2, 0.25) is 5.82 Å². The number of fused-ring (bicyclic) bond motifs is 1. The summed E-state index contributed by atoms with van der Waals surface area (Å²) in [6.07, 6.45) is -0.835. The summed E-state index contributed by atoms with van der Waals surface area (Å²) in [5.41, 5.74) is 5.76. The van der Waals surface area contributed by atoms with Gasteiger partial charge in [0, 0.05) is 23.7 Å². The van der Waals surface area contributed by atoms with Gasteiger partial charge in [0.15, 0.2) is 5.76 Å². The average Bonchev–Trinajstić information content (AvgIpc) is 3.41. The number of aliphatic hydroxyl groups is 1. The number of aromatic amines is 1. The largest absolute Gasteiger partial charge is 0.454 e. The molecule has 1 unspecified atom stereocenters. The van der Waals surface area contributed by atoms with Crippen LogP contribution in [-0.4, -0.2) is 30.0 Å². The second-order valence-electron chi connectivity index (χ2n) is 8.92. The molecule has 0 saturated carbocycles. The lowest BCUT2D eigenvalue weighted by molar-refractivity contribution is 0.202. The molecule has 0 fully saturated rings. The number of nitrogens with zero attached hydrogens (tertiary/aromatic N) is 4. The highest BCUT2D eigenvalue weighted by Gasteiger charge is 2.31. The SMILES string of the molecule is CC1=C(c2cc(C)nn2C)Oc2c(cc(C)cc2[C@@H](C)Nc2ccc(Cl)nc2-c2noc(=O)[nH]2)C1O. The van der Waals surface area contributed by atoms with Crippen LogP contribution in [0.1, 0.15) is 54.1 Å². The van der Waals surface area contributed by atoms with Gasteiger partial charge in [0.1, 0.15) is 28.4 Å². The first-order chi connectivity index (χ1) is 17.1. The van der Waals surface area contributed by atoms with Crippen LogP contribution in [0.15, 0.2) is 45.2 Å². The second-order valence-corrected chi connectivity index (χ2v) is 9.31. The molecule has 36 heavy (non-hydrogen) atoms. The predicted molar refractivity (Wildman–Crippen MR) is 135 cm³/mol. The standard InChI is InChI=1S/C25H25ClN6O4/c1-11-8-15(14(4)27-17-6-7-19(26)28-20(17)24-29-25(34)36-31-24)23-16(9-11)21(33)13(3)22(35-23)18-10-12(2)30-32(18)5/h6-10,14,21,27,33H,1-5H3,(H,29,31,34)/t14-,21?/m1/s1. The van der Waals surface area contributed by atoms with E-state index in [0.29, 0.717) is 34.0 Å². The Kier molecular flexibility index (Phi) is 5.93. The van der Waals surface area contributed by atoms with Gasteiger partial charge in [0.25, 0.3) is 0 Å². The van der Waals surface area contributed by atoms with Crippen LogP contribution in [0, 0.1) is 13.8 Å². The number of benzene rings is 1. The van der Waals surface area contributed by atoms with Crippen molar-refractivity contribution >= 4 is 23.0 Å². The van der Waals surface area contributed by atoms with E-state index in [-0.39, 0.29) is 17.0 Å². The van der Waals surface area contributed by atoms with Crippen LogP contribution >= 0.6 is 11.6 Å². The Bertz CT molecular complexity index is 1570. The lowest BCUT2D eigenvalue weighted by Crippen LogP contribution is -2.19. The lowest BCUT2D eigenvalue weighted by Gasteiger charge is -2.30. The van der Waals surface area contributed by atoms with E-state index in [1.807, 2.05) is 52.9 Å². The van der Waals surface area contributed by atoms with Crippen molar-refractivity contribution in [1.82, 2.24) is 24.9 Å². The minimum Gasteiger partial charge on any atom is -0.454 e. The van der Waals surface area contributed by atoms with Gasteiger partial charge in [0.05, 0.1) is 17.4 Å². The van der Waals surface area contributed by atoms with Crippen LogP contribution in [0.5, 0.6) is 5.75 Å². The summed E-state index contributed by atoms with van der Waals surface area (Å²) in [5.74, 6) is 0.610. The minimum absolute atomic E-state index is 0.155. The van der Waals surface area contributed by atoms with E-state index < -0.39 is 11.9 Å². The van der Waals surface area contributed by atoms with Gasteiger partial charge in [-0.1, -0.05) is 28.4 Å². The molecule has 0 radical (unpaired) electrons. The summed E-state index contributed by atoms with van der Waals surface area (Å²) >= 11 is 6.11. The monoisotopic (exact) mass is 508 g/mol. The van der Waals surface area contributed by atoms with E-state index in [1.165, 1.54) is 0 Å². The Labute approximate surface area is 211 Å².